The van der Waals surface area contributed by atoms with Gasteiger partial charge in [0.2, 0.25) is 5.91 Å². The molecule has 0 aliphatic carbocycles. The van der Waals surface area contributed by atoms with Crippen LogP contribution in [-0.4, -0.2) is 32.3 Å². The minimum atomic E-state index is -0.250. The summed E-state index contributed by atoms with van der Waals surface area (Å²) in [5.74, 6) is 0.249. The van der Waals surface area contributed by atoms with Crippen LogP contribution < -0.4 is 10.6 Å². The van der Waals surface area contributed by atoms with E-state index in [1.807, 2.05) is 13.0 Å². The number of nitrogens with one attached hydrogen (secondary N) is 2. The SMILES string of the molecule is C=CCn1c(CNC(=O)c2ccc(Cl)cc2)nnc1SCC(=O)Nc1ccc(C)c(Cl)c1. The average molecular weight is 490 g/mol. The average Bonchev–Trinajstić information content (AvgIpc) is 3.15. The second-order valence-electron chi connectivity index (χ2n) is 6.79. The zero-order chi connectivity index (χ0) is 23.1. The highest BCUT2D eigenvalue weighted by atomic mass is 35.5. The number of hydrogen-bond donors (Lipinski definition) is 2. The van der Waals surface area contributed by atoms with Crippen molar-refractivity contribution in [3.8, 4) is 0 Å². The Morgan fingerprint density at radius 1 is 1.16 bits per heavy atom. The Hall–Kier alpha value is -2.81. The van der Waals surface area contributed by atoms with Crippen LogP contribution >= 0.6 is 35.0 Å². The van der Waals surface area contributed by atoms with Crippen LogP contribution in [0.15, 0.2) is 60.3 Å². The van der Waals surface area contributed by atoms with Crippen LogP contribution in [0, 0.1) is 6.92 Å². The molecule has 0 saturated carbocycles. The first-order valence-electron chi connectivity index (χ1n) is 9.63. The first kappa shape index (κ1) is 23.8. The van der Waals surface area contributed by atoms with E-state index < -0.39 is 0 Å². The van der Waals surface area contributed by atoms with Crippen LogP contribution in [0.2, 0.25) is 10.0 Å². The number of amides is 2. The van der Waals surface area contributed by atoms with Crippen LogP contribution in [0.3, 0.4) is 0 Å². The quantitative estimate of drug-likeness (QED) is 0.334. The molecule has 0 saturated heterocycles. The summed E-state index contributed by atoms with van der Waals surface area (Å²) in [5.41, 5.74) is 2.06. The lowest BCUT2D eigenvalue weighted by atomic mass is 10.2. The molecule has 0 bridgehead atoms. The molecule has 2 N–H and O–H groups in total. The van der Waals surface area contributed by atoms with Crippen molar-refractivity contribution in [2.45, 2.75) is 25.2 Å². The first-order chi connectivity index (χ1) is 15.4. The number of benzene rings is 2. The van der Waals surface area contributed by atoms with Crippen LogP contribution in [0.25, 0.3) is 0 Å². The number of halogens is 2. The van der Waals surface area contributed by atoms with Gasteiger partial charge in [-0.3, -0.25) is 9.59 Å². The topological polar surface area (TPSA) is 88.9 Å². The van der Waals surface area contributed by atoms with Gasteiger partial charge in [0.25, 0.3) is 5.91 Å². The monoisotopic (exact) mass is 489 g/mol. The predicted molar refractivity (Wildman–Crippen MR) is 128 cm³/mol. The maximum Gasteiger partial charge on any atom is 0.251 e. The highest BCUT2D eigenvalue weighted by Gasteiger charge is 2.15. The van der Waals surface area contributed by atoms with E-state index in [9.17, 15) is 9.59 Å². The lowest BCUT2D eigenvalue weighted by Crippen LogP contribution is -2.24. The summed E-state index contributed by atoms with van der Waals surface area (Å²) in [6, 6.07) is 11.9. The van der Waals surface area contributed by atoms with E-state index in [1.165, 1.54) is 11.8 Å². The molecule has 3 rings (SSSR count). The van der Waals surface area contributed by atoms with E-state index in [1.54, 1.807) is 47.0 Å². The summed E-state index contributed by atoms with van der Waals surface area (Å²) in [5, 5.41) is 15.6. The second-order valence-corrected chi connectivity index (χ2v) is 8.57. The minimum Gasteiger partial charge on any atom is -0.345 e. The van der Waals surface area contributed by atoms with Crippen LogP contribution in [0.5, 0.6) is 0 Å². The fraction of sp³-hybridized carbons (Fsp3) is 0.182. The largest absolute Gasteiger partial charge is 0.345 e. The number of hydrogen-bond acceptors (Lipinski definition) is 5. The first-order valence-corrected chi connectivity index (χ1v) is 11.4. The van der Waals surface area contributed by atoms with E-state index in [4.69, 9.17) is 23.2 Å². The van der Waals surface area contributed by atoms with Gasteiger partial charge in [-0.1, -0.05) is 47.1 Å². The fourth-order valence-corrected chi connectivity index (χ4v) is 3.80. The Morgan fingerprint density at radius 3 is 2.59 bits per heavy atom. The van der Waals surface area contributed by atoms with Crippen molar-refractivity contribution in [3.05, 3.63) is 82.1 Å². The molecule has 0 atom stereocenters. The number of allylic oxidation sites excluding steroid dienone is 1. The van der Waals surface area contributed by atoms with Gasteiger partial charge in [0.15, 0.2) is 11.0 Å². The van der Waals surface area contributed by atoms with Gasteiger partial charge < -0.3 is 15.2 Å². The number of rotatable bonds is 9. The Labute approximate surface area is 200 Å². The van der Waals surface area contributed by atoms with E-state index in [0.717, 1.165) is 5.56 Å². The molecule has 2 amide bonds. The summed E-state index contributed by atoms with van der Waals surface area (Å²) >= 11 is 13.2. The van der Waals surface area contributed by atoms with Gasteiger partial charge in [-0.2, -0.15) is 0 Å². The summed E-state index contributed by atoms with van der Waals surface area (Å²) in [6.45, 7) is 6.27. The number of carbonyl (C=O) groups is 2. The van der Waals surface area contributed by atoms with Crippen molar-refractivity contribution in [3.63, 3.8) is 0 Å². The van der Waals surface area contributed by atoms with Crippen molar-refractivity contribution < 1.29 is 9.59 Å². The number of carbonyl (C=O) groups excluding carboxylic acids is 2. The van der Waals surface area contributed by atoms with Gasteiger partial charge in [0, 0.05) is 27.8 Å². The number of nitrogens with zero attached hydrogens (tertiary/aromatic N) is 3. The molecule has 0 aliphatic heterocycles. The molecule has 2 aromatic carbocycles. The maximum absolute atomic E-state index is 12.3. The Balaban J connectivity index is 1.60. The molecule has 0 unspecified atom stereocenters. The number of aryl methyl sites for hydroxylation is 1. The molecule has 0 radical (unpaired) electrons. The van der Waals surface area contributed by atoms with Gasteiger partial charge in [-0.15, -0.1) is 16.8 Å². The smallest absolute Gasteiger partial charge is 0.251 e. The van der Waals surface area contributed by atoms with Crippen molar-refractivity contribution in [1.29, 1.82) is 0 Å². The van der Waals surface area contributed by atoms with E-state index in [0.29, 0.717) is 38.8 Å². The molecule has 10 heteroatoms. The zero-order valence-electron chi connectivity index (χ0n) is 17.3. The molecule has 166 valence electrons. The fourth-order valence-electron chi connectivity index (χ4n) is 2.73. The molecule has 0 fully saturated rings. The molecule has 0 spiro atoms. The van der Waals surface area contributed by atoms with Crippen molar-refractivity contribution in [1.82, 2.24) is 20.1 Å². The minimum absolute atomic E-state index is 0.137. The second kappa shape index (κ2) is 11.2. The molecule has 32 heavy (non-hydrogen) atoms. The lowest BCUT2D eigenvalue weighted by Gasteiger charge is -2.09. The molecule has 7 nitrogen and oxygen atoms in total. The Morgan fingerprint density at radius 2 is 1.91 bits per heavy atom. The van der Waals surface area contributed by atoms with Gasteiger partial charge in [-0.05, 0) is 48.9 Å². The van der Waals surface area contributed by atoms with E-state index >= 15 is 0 Å². The van der Waals surface area contributed by atoms with Gasteiger partial charge in [-0.25, -0.2) is 0 Å². The normalized spacial score (nSPS) is 10.6. The Kier molecular flexibility index (Phi) is 8.33. The third kappa shape index (κ3) is 6.35. The molecule has 1 heterocycles. The van der Waals surface area contributed by atoms with Gasteiger partial charge in [0.05, 0.1) is 12.3 Å². The standard InChI is InChI=1S/C22H21Cl2N5O2S/c1-3-10-29-19(12-25-21(31)15-5-7-16(23)8-6-15)27-28-22(29)32-13-20(30)26-17-9-4-14(2)18(24)11-17/h3-9,11H,1,10,12-13H2,2H3,(H,25,31)(H,26,30). The summed E-state index contributed by atoms with van der Waals surface area (Å²) < 4.78 is 1.80. The third-order valence-electron chi connectivity index (χ3n) is 4.41. The summed E-state index contributed by atoms with van der Waals surface area (Å²) in [4.78, 5) is 24.7. The summed E-state index contributed by atoms with van der Waals surface area (Å²) in [7, 11) is 0. The predicted octanol–water partition coefficient (Wildman–Crippen LogP) is 4.74. The number of anilines is 1. The highest BCUT2D eigenvalue weighted by molar-refractivity contribution is 7.99. The van der Waals surface area contributed by atoms with Crippen LogP contribution in [0.1, 0.15) is 21.7 Å². The highest BCUT2D eigenvalue weighted by Crippen LogP contribution is 2.21. The number of aromatic nitrogens is 3. The molecule has 1 aromatic heterocycles. The van der Waals surface area contributed by atoms with E-state index in [-0.39, 0.29) is 24.1 Å². The maximum atomic E-state index is 12.3. The zero-order valence-corrected chi connectivity index (χ0v) is 19.6. The van der Waals surface area contributed by atoms with Crippen molar-refractivity contribution >= 4 is 52.5 Å². The molecule has 3 aromatic rings. The summed E-state index contributed by atoms with van der Waals surface area (Å²) in [6.07, 6.45) is 1.70. The van der Waals surface area contributed by atoms with Crippen molar-refractivity contribution in [2.75, 3.05) is 11.1 Å². The van der Waals surface area contributed by atoms with Crippen LogP contribution in [-0.2, 0) is 17.9 Å². The number of thioether (sulfide) groups is 1. The lowest BCUT2D eigenvalue weighted by molar-refractivity contribution is -0.113. The van der Waals surface area contributed by atoms with Gasteiger partial charge in [0.1, 0.15) is 0 Å². The van der Waals surface area contributed by atoms with Gasteiger partial charge >= 0.3 is 0 Å². The van der Waals surface area contributed by atoms with Crippen LogP contribution in [0.4, 0.5) is 5.69 Å². The molecular weight excluding hydrogens is 469 g/mol. The van der Waals surface area contributed by atoms with Crippen molar-refractivity contribution in [2.24, 2.45) is 0 Å². The molecular formula is C22H21Cl2N5O2S. The Bertz CT molecular complexity index is 1130. The third-order valence-corrected chi connectivity index (χ3v) is 6.03. The molecule has 0 aliphatic rings. The van der Waals surface area contributed by atoms with E-state index in [2.05, 4.69) is 27.4 Å².